The zero-order chi connectivity index (χ0) is 9.42. The third-order valence-corrected chi connectivity index (χ3v) is 2.88. The van der Waals surface area contributed by atoms with Crippen molar-refractivity contribution in [2.45, 2.75) is 6.43 Å². The average Bonchev–Trinajstić information content (AvgIpc) is 2.49. The lowest BCUT2D eigenvalue weighted by Crippen LogP contribution is -1.72. The molecule has 2 aromatic rings. The maximum Gasteiger partial charge on any atom is 0.272 e. The molecule has 0 unspecified atom stereocenters. The maximum atomic E-state index is 12.3. The highest BCUT2D eigenvalue weighted by Gasteiger charge is 2.12. The van der Waals surface area contributed by atoms with Crippen molar-refractivity contribution in [1.82, 2.24) is 0 Å². The number of phenols is 1. The molecule has 0 amide bonds. The summed E-state index contributed by atoms with van der Waals surface area (Å²) in [6, 6.07) is 6.18. The third-order valence-electron chi connectivity index (χ3n) is 1.77. The molecule has 0 aliphatic carbocycles. The monoisotopic (exact) mass is 200 g/mol. The molecule has 1 nitrogen and oxygen atoms in total. The normalized spacial score (nSPS) is 11.3. The summed E-state index contributed by atoms with van der Waals surface area (Å²) >= 11 is 1.01. The Morgan fingerprint density at radius 2 is 2.08 bits per heavy atom. The quantitative estimate of drug-likeness (QED) is 0.746. The predicted molar refractivity (Wildman–Crippen MR) is 48.4 cm³/mol. The Bertz CT molecular complexity index is 436. The van der Waals surface area contributed by atoms with E-state index in [4.69, 9.17) is 0 Å². The number of hydrogen-bond donors (Lipinski definition) is 1. The average molecular weight is 200 g/mol. The van der Waals surface area contributed by atoms with Gasteiger partial charge in [-0.3, -0.25) is 0 Å². The zero-order valence-corrected chi connectivity index (χ0v) is 7.31. The third kappa shape index (κ3) is 1.37. The second-order valence-corrected chi connectivity index (χ2v) is 3.75. The summed E-state index contributed by atoms with van der Waals surface area (Å²) in [5.41, 5.74) is 0. The van der Waals surface area contributed by atoms with E-state index in [2.05, 4.69) is 0 Å². The molecule has 0 fully saturated rings. The topological polar surface area (TPSA) is 20.2 Å². The van der Waals surface area contributed by atoms with Crippen LogP contribution in [0.1, 0.15) is 11.3 Å². The summed E-state index contributed by atoms with van der Waals surface area (Å²) in [5.74, 6) is 0.0562. The van der Waals surface area contributed by atoms with Crippen molar-refractivity contribution in [3.8, 4) is 5.75 Å². The number of phenolic OH excluding ortho intramolecular Hbond substituents is 1. The fourth-order valence-electron chi connectivity index (χ4n) is 1.17. The molecule has 1 N–H and O–H groups in total. The molecule has 2 rings (SSSR count). The van der Waals surface area contributed by atoms with E-state index in [-0.39, 0.29) is 10.6 Å². The van der Waals surface area contributed by atoms with Crippen molar-refractivity contribution in [2.24, 2.45) is 0 Å². The number of thiophene rings is 1. The highest BCUT2D eigenvalue weighted by molar-refractivity contribution is 7.19. The molecule has 0 saturated carbocycles. The van der Waals surface area contributed by atoms with Gasteiger partial charge in [0, 0.05) is 10.1 Å². The van der Waals surface area contributed by atoms with Crippen molar-refractivity contribution in [1.29, 1.82) is 0 Å². The van der Waals surface area contributed by atoms with Crippen LogP contribution >= 0.6 is 11.3 Å². The summed E-state index contributed by atoms with van der Waals surface area (Å²) in [5, 5.41) is 9.83. The van der Waals surface area contributed by atoms with Gasteiger partial charge in [0.1, 0.15) is 5.75 Å². The largest absolute Gasteiger partial charge is 0.507 e. The molecule has 0 radical (unpaired) electrons. The molecule has 4 heteroatoms. The molecule has 0 saturated heterocycles. The minimum Gasteiger partial charge on any atom is -0.507 e. The van der Waals surface area contributed by atoms with Crippen molar-refractivity contribution in [2.75, 3.05) is 0 Å². The second kappa shape index (κ2) is 2.96. The summed E-state index contributed by atoms with van der Waals surface area (Å²) < 4.78 is 25.2. The molecular weight excluding hydrogens is 194 g/mol. The Kier molecular flexibility index (Phi) is 1.92. The fourth-order valence-corrected chi connectivity index (χ4v) is 2.11. The molecule has 1 aromatic carbocycles. The molecule has 0 bridgehead atoms. The van der Waals surface area contributed by atoms with Crippen LogP contribution in [0.2, 0.25) is 0 Å². The van der Waals surface area contributed by atoms with Gasteiger partial charge in [0.2, 0.25) is 0 Å². The lowest BCUT2D eigenvalue weighted by atomic mass is 10.2. The first kappa shape index (κ1) is 8.44. The lowest BCUT2D eigenvalue weighted by molar-refractivity contribution is 0.156. The Hall–Kier alpha value is -1.16. The predicted octanol–water partition coefficient (Wildman–Crippen LogP) is 3.54. The standard InChI is InChI=1S/C9H6F2OS/c10-9(11)8-4-5-6(12)2-1-3-7(5)13-8/h1-4,9,12H. The molecule has 1 aromatic heterocycles. The Morgan fingerprint density at radius 3 is 2.69 bits per heavy atom. The van der Waals surface area contributed by atoms with Crippen molar-refractivity contribution in [3.05, 3.63) is 29.1 Å². The van der Waals surface area contributed by atoms with Crippen molar-refractivity contribution >= 4 is 21.4 Å². The molecule has 0 aliphatic heterocycles. The van der Waals surface area contributed by atoms with E-state index in [1.54, 1.807) is 12.1 Å². The maximum absolute atomic E-state index is 12.3. The first-order valence-corrected chi connectivity index (χ1v) is 4.49. The van der Waals surface area contributed by atoms with Crippen LogP contribution in [0, 0.1) is 0 Å². The smallest absolute Gasteiger partial charge is 0.272 e. The van der Waals surface area contributed by atoms with Crippen LogP contribution in [0.25, 0.3) is 10.1 Å². The molecule has 0 aliphatic rings. The van der Waals surface area contributed by atoms with Gasteiger partial charge in [0.15, 0.2) is 0 Å². The van der Waals surface area contributed by atoms with Crippen LogP contribution in [-0.2, 0) is 0 Å². The van der Waals surface area contributed by atoms with E-state index in [0.29, 0.717) is 10.1 Å². The van der Waals surface area contributed by atoms with E-state index < -0.39 is 6.43 Å². The number of benzene rings is 1. The van der Waals surface area contributed by atoms with Gasteiger partial charge in [-0.05, 0) is 18.2 Å². The molecule has 0 atom stereocenters. The SMILES string of the molecule is Oc1cccc2sc(C(F)F)cc12. The van der Waals surface area contributed by atoms with Gasteiger partial charge in [0.25, 0.3) is 6.43 Å². The van der Waals surface area contributed by atoms with E-state index in [9.17, 15) is 13.9 Å². The Morgan fingerprint density at radius 1 is 1.31 bits per heavy atom. The molecular formula is C9H6F2OS. The molecule has 68 valence electrons. The van der Waals surface area contributed by atoms with Crippen LogP contribution in [0.15, 0.2) is 24.3 Å². The minimum absolute atomic E-state index is 0.00324. The molecule has 1 heterocycles. The van der Waals surface area contributed by atoms with Crippen LogP contribution in [0.4, 0.5) is 8.78 Å². The van der Waals surface area contributed by atoms with Gasteiger partial charge >= 0.3 is 0 Å². The Balaban J connectivity index is 2.68. The first-order chi connectivity index (χ1) is 6.18. The fraction of sp³-hybridized carbons (Fsp3) is 0.111. The molecule has 13 heavy (non-hydrogen) atoms. The summed E-state index contributed by atoms with van der Waals surface area (Å²) in [4.78, 5) is -0.00324. The second-order valence-electron chi connectivity index (χ2n) is 2.64. The summed E-state index contributed by atoms with van der Waals surface area (Å²) in [6.45, 7) is 0. The zero-order valence-electron chi connectivity index (χ0n) is 6.50. The summed E-state index contributed by atoms with van der Waals surface area (Å²) in [7, 11) is 0. The van der Waals surface area contributed by atoms with Gasteiger partial charge < -0.3 is 5.11 Å². The van der Waals surface area contributed by atoms with E-state index >= 15 is 0 Å². The first-order valence-electron chi connectivity index (χ1n) is 3.68. The number of rotatable bonds is 1. The number of alkyl halides is 2. The summed E-state index contributed by atoms with van der Waals surface area (Å²) in [6.07, 6.45) is -2.46. The minimum atomic E-state index is -2.46. The van der Waals surface area contributed by atoms with Gasteiger partial charge in [-0.2, -0.15) is 0 Å². The van der Waals surface area contributed by atoms with Gasteiger partial charge in [0.05, 0.1) is 4.88 Å². The molecule has 0 spiro atoms. The highest BCUT2D eigenvalue weighted by atomic mass is 32.1. The van der Waals surface area contributed by atoms with Gasteiger partial charge in [-0.1, -0.05) is 6.07 Å². The lowest BCUT2D eigenvalue weighted by Gasteiger charge is -1.90. The van der Waals surface area contributed by atoms with Gasteiger partial charge in [-0.25, -0.2) is 8.78 Å². The van der Waals surface area contributed by atoms with Crippen LogP contribution in [0.3, 0.4) is 0 Å². The van der Waals surface area contributed by atoms with Crippen LogP contribution < -0.4 is 0 Å². The van der Waals surface area contributed by atoms with Gasteiger partial charge in [-0.15, -0.1) is 11.3 Å². The number of halogens is 2. The number of aromatic hydroxyl groups is 1. The van der Waals surface area contributed by atoms with E-state index in [1.165, 1.54) is 12.1 Å². The highest BCUT2D eigenvalue weighted by Crippen LogP contribution is 2.36. The van der Waals surface area contributed by atoms with Crippen molar-refractivity contribution < 1.29 is 13.9 Å². The van der Waals surface area contributed by atoms with E-state index in [1.807, 2.05) is 0 Å². The van der Waals surface area contributed by atoms with Crippen LogP contribution in [-0.4, -0.2) is 5.11 Å². The van der Waals surface area contributed by atoms with Crippen LogP contribution in [0.5, 0.6) is 5.75 Å². The van der Waals surface area contributed by atoms with Crippen molar-refractivity contribution in [3.63, 3.8) is 0 Å². The van der Waals surface area contributed by atoms with E-state index in [0.717, 1.165) is 11.3 Å². The number of hydrogen-bond acceptors (Lipinski definition) is 2. The Labute approximate surface area is 77.2 Å². The number of fused-ring (bicyclic) bond motifs is 1.